The fourth-order valence-corrected chi connectivity index (χ4v) is 3.95. The Morgan fingerprint density at radius 3 is 2.54 bits per heavy atom. The third-order valence-electron chi connectivity index (χ3n) is 5.59. The Hall–Kier alpha value is -1.92. The van der Waals surface area contributed by atoms with Crippen LogP contribution in [-0.2, 0) is 16.0 Å². The van der Waals surface area contributed by atoms with Crippen molar-refractivity contribution in [3.8, 4) is 0 Å². The summed E-state index contributed by atoms with van der Waals surface area (Å²) < 4.78 is 0. The number of anilines is 1. The van der Waals surface area contributed by atoms with Crippen LogP contribution in [0.4, 0.5) is 5.69 Å². The van der Waals surface area contributed by atoms with Crippen molar-refractivity contribution >= 4 is 17.5 Å². The molecule has 1 fully saturated rings. The number of amides is 2. The van der Waals surface area contributed by atoms with Crippen LogP contribution in [0.25, 0.3) is 0 Å². The van der Waals surface area contributed by atoms with Crippen molar-refractivity contribution in [2.45, 2.75) is 32.7 Å². The van der Waals surface area contributed by atoms with Crippen molar-refractivity contribution in [1.29, 1.82) is 0 Å². The standard InChI is InChI=1S/C20H30N4O2/c1-3-23(4-2)19(25)15-22-11-13-24(14-12-22)18-10-9-16-7-5-6-8-17(16)21-20(18)26/h5-8,18H,3-4,9-15H2,1-2H3,(H,21,26). The van der Waals surface area contributed by atoms with Gasteiger partial charge in [-0.25, -0.2) is 0 Å². The van der Waals surface area contributed by atoms with Crippen molar-refractivity contribution < 1.29 is 9.59 Å². The molecular formula is C20H30N4O2. The Bertz CT molecular complexity index is 636. The van der Waals surface area contributed by atoms with Crippen molar-refractivity contribution in [1.82, 2.24) is 14.7 Å². The molecule has 0 radical (unpaired) electrons. The van der Waals surface area contributed by atoms with Gasteiger partial charge in [0.05, 0.1) is 12.6 Å². The zero-order valence-electron chi connectivity index (χ0n) is 15.9. The molecule has 2 heterocycles. The molecule has 0 spiro atoms. The third kappa shape index (κ3) is 4.24. The van der Waals surface area contributed by atoms with Gasteiger partial charge in [0.2, 0.25) is 11.8 Å². The van der Waals surface area contributed by atoms with E-state index in [1.807, 2.05) is 36.9 Å². The molecule has 6 heteroatoms. The van der Waals surface area contributed by atoms with Crippen LogP contribution in [0.2, 0.25) is 0 Å². The van der Waals surface area contributed by atoms with E-state index in [1.54, 1.807) is 0 Å². The predicted molar refractivity (Wildman–Crippen MR) is 103 cm³/mol. The van der Waals surface area contributed by atoms with E-state index in [4.69, 9.17) is 0 Å². The first-order valence-electron chi connectivity index (χ1n) is 9.75. The average Bonchev–Trinajstić information content (AvgIpc) is 2.82. The number of rotatable bonds is 5. The number of hydrogen-bond donors (Lipinski definition) is 1. The van der Waals surface area contributed by atoms with Gasteiger partial charge in [0.1, 0.15) is 0 Å². The van der Waals surface area contributed by atoms with Gasteiger partial charge in [-0.3, -0.25) is 19.4 Å². The lowest BCUT2D eigenvalue weighted by Gasteiger charge is -2.38. The number of carbonyl (C=O) groups is 2. The fourth-order valence-electron chi connectivity index (χ4n) is 3.95. The minimum Gasteiger partial charge on any atom is -0.342 e. The summed E-state index contributed by atoms with van der Waals surface area (Å²) in [6, 6.07) is 7.98. The highest BCUT2D eigenvalue weighted by molar-refractivity contribution is 5.96. The normalized spacial score (nSPS) is 21.6. The lowest BCUT2D eigenvalue weighted by Crippen LogP contribution is -2.55. The second-order valence-corrected chi connectivity index (χ2v) is 7.08. The quantitative estimate of drug-likeness (QED) is 0.865. The molecule has 0 saturated carbocycles. The van der Waals surface area contributed by atoms with Crippen LogP contribution in [0, 0.1) is 0 Å². The maximum Gasteiger partial charge on any atom is 0.241 e. The first-order chi connectivity index (χ1) is 12.6. The van der Waals surface area contributed by atoms with Gasteiger partial charge >= 0.3 is 0 Å². The third-order valence-corrected chi connectivity index (χ3v) is 5.59. The van der Waals surface area contributed by atoms with Crippen LogP contribution in [-0.4, -0.2) is 78.4 Å². The van der Waals surface area contributed by atoms with E-state index in [-0.39, 0.29) is 17.9 Å². The number of likely N-dealkylation sites (N-methyl/N-ethyl adjacent to an activating group) is 1. The number of piperazine rings is 1. The smallest absolute Gasteiger partial charge is 0.241 e. The minimum atomic E-state index is -0.0805. The molecule has 1 saturated heterocycles. The Labute approximate surface area is 156 Å². The van der Waals surface area contributed by atoms with Gasteiger partial charge in [0, 0.05) is 45.0 Å². The molecule has 6 nitrogen and oxygen atoms in total. The van der Waals surface area contributed by atoms with Crippen LogP contribution in [0.5, 0.6) is 0 Å². The van der Waals surface area contributed by atoms with Gasteiger partial charge in [-0.05, 0) is 38.3 Å². The lowest BCUT2D eigenvalue weighted by atomic mass is 10.0. The zero-order valence-corrected chi connectivity index (χ0v) is 15.9. The molecule has 0 bridgehead atoms. The number of benzene rings is 1. The number of hydrogen-bond acceptors (Lipinski definition) is 4. The van der Waals surface area contributed by atoms with Crippen molar-refractivity contribution in [2.75, 3.05) is 51.1 Å². The Morgan fingerprint density at radius 1 is 1.15 bits per heavy atom. The summed E-state index contributed by atoms with van der Waals surface area (Å²) >= 11 is 0. The molecule has 2 aliphatic heterocycles. The fraction of sp³-hybridized carbons (Fsp3) is 0.600. The first kappa shape index (κ1) is 18.9. The van der Waals surface area contributed by atoms with Crippen LogP contribution in [0.1, 0.15) is 25.8 Å². The Kier molecular flexibility index (Phi) is 6.27. The van der Waals surface area contributed by atoms with Crippen molar-refractivity contribution in [3.63, 3.8) is 0 Å². The number of nitrogens with one attached hydrogen (secondary N) is 1. The van der Waals surface area contributed by atoms with Gasteiger partial charge in [-0.1, -0.05) is 18.2 Å². The van der Waals surface area contributed by atoms with Crippen molar-refractivity contribution in [2.24, 2.45) is 0 Å². The second kappa shape index (κ2) is 8.64. The lowest BCUT2D eigenvalue weighted by molar-refractivity contribution is -0.133. The van der Waals surface area contributed by atoms with E-state index in [0.29, 0.717) is 6.54 Å². The number of para-hydroxylation sites is 1. The summed E-state index contributed by atoms with van der Waals surface area (Å²) in [5.74, 6) is 0.300. The SMILES string of the molecule is CCN(CC)C(=O)CN1CCN(C2CCc3ccccc3NC2=O)CC1. The molecule has 1 aromatic rings. The monoisotopic (exact) mass is 358 g/mol. The minimum absolute atomic E-state index is 0.0805. The van der Waals surface area contributed by atoms with Crippen LogP contribution >= 0.6 is 0 Å². The van der Waals surface area contributed by atoms with Gasteiger partial charge in [-0.15, -0.1) is 0 Å². The molecule has 2 amide bonds. The van der Waals surface area contributed by atoms with Gasteiger partial charge in [0.15, 0.2) is 0 Å². The molecule has 0 aliphatic carbocycles. The zero-order chi connectivity index (χ0) is 18.5. The average molecular weight is 358 g/mol. The van der Waals surface area contributed by atoms with Gasteiger partial charge < -0.3 is 10.2 Å². The highest BCUT2D eigenvalue weighted by atomic mass is 16.2. The van der Waals surface area contributed by atoms with Crippen LogP contribution in [0.3, 0.4) is 0 Å². The van der Waals surface area contributed by atoms with E-state index in [1.165, 1.54) is 5.56 Å². The summed E-state index contributed by atoms with van der Waals surface area (Å²) in [6.07, 6.45) is 1.77. The molecule has 1 N–H and O–H groups in total. The highest BCUT2D eigenvalue weighted by Gasteiger charge is 2.31. The number of carbonyl (C=O) groups excluding carboxylic acids is 2. The number of fused-ring (bicyclic) bond motifs is 1. The summed E-state index contributed by atoms with van der Waals surface area (Å²) in [6.45, 7) is 9.38. The predicted octanol–water partition coefficient (Wildman–Crippen LogP) is 1.43. The van der Waals surface area contributed by atoms with E-state index in [0.717, 1.165) is 57.8 Å². The van der Waals surface area contributed by atoms with E-state index in [2.05, 4.69) is 21.2 Å². The van der Waals surface area contributed by atoms with Crippen LogP contribution < -0.4 is 5.32 Å². The topological polar surface area (TPSA) is 55.9 Å². The highest BCUT2D eigenvalue weighted by Crippen LogP contribution is 2.24. The summed E-state index contributed by atoms with van der Waals surface area (Å²) in [5.41, 5.74) is 2.16. The molecule has 1 aromatic carbocycles. The van der Waals surface area contributed by atoms with Crippen LogP contribution in [0.15, 0.2) is 24.3 Å². The summed E-state index contributed by atoms with van der Waals surface area (Å²) in [7, 11) is 0. The summed E-state index contributed by atoms with van der Waals surface area (Å²) in [4.78, 5) is 31.3. The number of aryl methyl sites for hydroxylation is 1. The van der Waals surface area contributed by atoms with E-state index >= 15 is 0 Å². The molecule has 3 rings (SSSR count). The molecule has 1 unspecified atom stereocenters. The van der Waals surface area contributed by atoms with Gasteiger partial charge in [-0.2, -0.15) is 0 Å². The maximum absolute atomic E-state index is 12.7. The Balaban J connectivity index is 1.54. The molecule has 1 atom stereocenters. The van der Waals surface area contributed by atoms with Gasteiger partial charge in [0.25, 0.3) is 0 Å². The largest absolute Gasteiger partial charge is 0.342 e. The Morgan fingerprint density at radius 2 is 1.85 bits per heavy atom. The first-order valence-corrected chi connectivity index (χ1v) is 9.75. The van der Waals surface area contributed by atoms with E-state index < -0.39 is 0 Å². The maximum atomic E-state index is 12.7. The summed E-state index contributed by atoms with van der Waals surface area (Å²) in [5, 5.41) is 3.09. The molecular weight excluding hydrogens is 328 g/mol. The molecule has 0 aromatic heterocycles. The van der Waals surface area contributed by atoms with Crippen molar-refractivity contribution in [3.05, 3.63) is 29.8 Å². The number of nitrogens with zero attached hydrogens (tertiary/aromatic N) is 3. The second-order valence-electron chi connectivity index (χ2n) is 7.08. The molecule has 142 valence electrons. The van der Waals surface area contributed by atoms with E-state index in [9.17, 15) is 9.59 Å². The molecule has 26 heavy (non-hydrogen) atoms. The molecule has 2 aliphatic rings.